The van der Waals surface area contributed by atoms with Gasteiger partial charge in [0.15, 0.2) is 0 Å². The van der Waals surface area contributed by atoms with E-state index in [1.165, 1.54) is 12.0 Å². The van der Waals surface area contributed by atoms with Crippen molar-refractivity contribution in [3.05, 3.63) is 64.2 Å². The van der Waals surface area contributed by atoms with Crippen LogP contribution in [-0.2, 0) is 38.5 Å². The van der Waals surface area contributed by atoms with Gasteiger partial charge < -0.3 is 20.1 Å². The number of fused-ring (bicyclic) bond motifs is 1. The van der Waals surface area contributed by atoms with Crippen LogP contribution in [-0.4, -0.2) is 47.0 Å². The maximum absolute atomic E-state index is 14.0. The van der Waals surface area contributed by atoms with Crippen molar-refractivity contribution >= 4 is 29.4 Å². The van der Waals surface area contributed by atoms with Gasteiger partial charge in [-0.25, -0.2) is 4.79 Å². The highest BCUT2D eigenvalue weighted by Gasteiger charge is 2.41. The monoisotopic (exact) mass is 512 g/mol. The van der Waals surface area contributed by atoms with Crippen molar-refractivity contribution in [2.75, 3.05) is 7.11 Å². The Bertz CT molecular complexity index is 1100. The molecule has 2 aromatic rings. The number of benzene rings is 2. The Hall–Kier alpha value is -3.06. The second-order valence-electron chi connectivity index (χ2n) is 9.73. The van der Waals surface area contributed by atoms with Crippen molar-refractivity contribution in [2.24, 2.45) is 5.92 Å². The van der Waals surface area contributed by atoms with Crippen LogP contribution < -0.4 is 5.32 Å². The SMILES string of the molecule is COC(=O)[C@@H]1Cc2ccc(O)cc2CN1C(=O)[C@@H](NC(=O)CCc1ccc(Cl)cc1)C1CCCCC1. The third-order valence-electron chi connectivity index (χ3n) is 7.33. The van der Waals surface area contributed by atoms with Crippen molar-refractivity contribution < 1.29 is 24.2 Å². The number of ether oxygens (including phenoxy) is 1. The van der Waals surface area contributed by atoms with Gasteiger partial charge in [0.1, 0.15) is 17.8 Å². The molecule has 2 N–H and O–H groups in total. The molecule has 7 nitrogen and oxygen atoms in total. The van der Waals surface area contributed by atoms with Gasteiger partial charge in [0.2, 0.25) is 11.8 Å². The molecule has 0 aromatic heterocycles. The molecule has 2 aromatic carbocycles. The first kappa shape index (κ1) is 26.0. The quantitative estimate of drug-likeness (QED) is 0.543. The van der Waals surface area contributed by atoms with Crippen LogP contribution in [0.4, 0.5) is 0 Å². The first-order chi connectivity index (χ1) is 17.4. The predicted octanol–water partition coefficient (Wildman–Crippen LogP) is 4.17. The molecule has 1 heterocycles. The summed E-state index contributed by atoms with van der Waals surface area (Å²) in [5, 5.41) is 13.6. The molecule has 8 heteroatoms. The van der Waals surface area contributed by atoms with Crippen LogP contribution in [0.1, 0.15) is 55.2 Å². The molecule has 0 radical (unpaired) electrons. The minimum Gasteiger partial charge on any atom is -0.508 e. The van der Waals surface area contributed by atoms with Crippen molar-refractivity contribution in [3.8, 4) is 5.75 Å². The van der Waals surface area contributed by atoms with Crippen LogP contribution in [0.5, 0.6) is 5.75 Å². The highest BCUT2D eigenvalue weighted by molar-refractivity contribution is 6.30. The smallest absolute Gasteiger partial charge is 0.328 e. The Morgan fingerprint density at radius 1 is 1.08 bits per heavy atom. The Labute approximate surface area is 216 Å². The summed E-state index contributed by atoms with van der Waals surface area (Å²) in [4.78, 5) is 41.2. The van der Waals surface area contributed by atoms with Crippen LogP contribution in [0.25, 0.3) is 0 Å². The van der Waals surface area contributed by atoms with E-state index in [0.717, 1.165) is 48.8 Å². The Morgan fingerprint density at radius 2 is 1.81 bits per heavy atom. The summed E-state index contributed by atoms with van der Waals surface area (Å²) >= 11 is 5.95. The van der Waals surface area contributed by atoms with Gasteiger partial charge in [-0.3, -0.25) is 9.59 Å². The molecule has 1 saturated carbocycles. The lowest BCUT2D eigenvalue weighted by atomic mass is 9.82. The molecule has 1 fully saturated rings. The summed E-state index contributed by atoms with van der Waals surface area (Å²) < 4.78 is 5.03. The van der Waals surface area contributed by atoms with Crippen molar-refractivity contribution in [1.82, 2.24) is 10.2 Å². The molecule has 0 unspecified atom stereocenters. The van der Waals surface area contributed by atoms with Gasteiger partial charge in [-0.1, -0.05) is 49.1 Å². The number of aryl methyl sites for hydroxylation is 1. The fourth-order valence-electron chi connectivity index (χ4n) is 5.33. The lowest BCUT2D eigenvalue weighted by Gasteiger charge is -2.39. The predicted molar refractivity (Wildman–Crippen MR) is 136 cm³/mol. The number of halogens is 1. The zero-order valence-corrected chi connectivity index (χ0v) is 21.3. The lowest BCUT2D eigenvalue weighted by molar-refractivity contribution is -0.155. The maximum Gasteiger partial charge on any atom is 0.328 e. The Balaban J connectivity index is 1.54. The van der Waals surface area contributed by atoms with E-state index in [9.17, 15) is 19.5 Å². The molecule has 2 atom stereocenters. The van der Waals surface area contributed by atoms with Crippen LogP contribution in [0, 0.1) is 5.92 Å². The van der Waals surface area contributed by atoms with Gasteiger partial charge in [0.05, 0.1) is 7.11 Å². The molecule has 1 aliphatic heterocycles. The average molecular weight is 513 g/mol. The highest BCUT2D eigenvalue weighted by Crippen LogP contribution is 2.31. The number of carbonyl (C=O) groups is 3. The van der Waals surface area contributed by atoms with E-state index in [1.807, 2.05) is 12.1 Å². The first-order valence-corrected chi connectivity index (χ1v) is 13.0. The van der Waals surface area contributed by atoms with Gasteiger partial charge in [-0.05, 0) is 66.1 Å². The zero-order chi connectivity index (χ0) is 25.7. The number of phenolic OH excluding ortho intramolecular Hbond substituents is 1. The van der Waals surface area contributed by atoms with E-state index in [4.69, 9.17) is 16.3 Å². The number of nitrogens with one attached hydrogen (secondary N) is 1. The molecule has 4 rings (SSSR count). The van der Waals surface area contributed by atoms with E-state index in [1.54, 1.807) is 30.3 Å². The molecule has 2 amide bonds. The molecule has 192 valence electrons. The van der Waals surface area contributed by atoms with E-state index in [2.05, 4.69) is 5.32 Å². The molecular formula is C28H33ClN2O5. The number of hydrogen-bond acceptors (Lipinski definition) is 5. The van der Waals surface area contributed by atoms with Crippen LogP contribution in [0.15, 0.2) is 42.5 Å². The number of carbonyl (C=O) groups excluding carboxylic acids is 3. The van der Waals surface area contributed by atoms with E-state index >= 15 is 0 Å². The summed E-state index contributed by atoms with van der Waals surface area (Å²) in [6.45, 7) is 0.173. The minimum absolute atomic E-state index is 0.00889. The third kappa shape index (κ3) is 6.19. The Morgan fingerprint density at radius 3 is 2.50 bits per heavy atom. The van der Waals surface area contributed by atoms with Crippen LogP contribution >= 0.6 is 11.6 Å². The molecular weight excluding hydrogens is 480 g/mol. The summed E-state index contributed by atoms with van der Waals surface area (Å²) in [5.74, 6) is -0.838. The van der Waals surface area contributed by atoms with Gasteiger partial charge in [-0.15, -0.1) is 0 Å². The molecule has 0 spiro atoms. The molecule has 0 saturated heterocycles. The standard InChI is InChI=1S/C28H33ClN2O5/c1-36-28(35)24-16-20-10-13-23(32)15-21(20)17-31(24)27(34)26(19-5-3-2-4-6-19)30-25(33)14-9-18-7-11-22(29)12-8-18/h7-8,10-13,15,19,24,26,32H,2-6,9,14,16-17H2,1H3,(H,30,33)/t24-,26-/m0/s1. The highest BCUT2D eigenvalue weighted by atomic mass is 35.5. The molecule has 1 aliphatic carbocycles. The number of aromatic hydroxyl groups is 1. The van der Waals surface area contributed by atoms with Crippen molar-refractivity contribution in [2.45, 2.75) is 70.0 Å². The van der Waals surface area contributed by atoms with Gasteiger partial charge in [-0.2, -0.15) is 0 Å². The van der Waals surface area contributed by atoms with Gasteiger partial charge in [0, 0.05) is 24.4 Å². The van der Waals surface area contributed by atoms with E-state index < -0.39 is 18.1 Å². The molecule has 36 heavy (non-hydrogen) atoms. The summed E-state index contributed by atoms with van der Waals surface area (Å²) in [6, 6.07) is 10.9. The van der Waals surface area contributed by atoms with E-state index in [0.29, 0.717) is 17.9 Å². The number of hydrogen-bond donors (Lipinski definition) is 2. The average Bonchev–Trinajstić information content (AvgIpc) is 2.90. The fraction of sp³-hybridized carbons (Fsp3) is 0.464. The first-order valence-electron chi connectivity index (χ1n) is 12.6. The van der Waals surface area contributed by atoms with Crippen LogP contribution in [0.2, 0.25) is 5.02 Å². The summed E-state index contributed by atoms with van der Waals surface area (Å²) in [7, 11) is 1.31. The summed E-state index contributed by atoms with van der Waals surface area (Å²) in [6.07, 6.45) is 5.91. The van der Waals surface area contributed by atoms with E-state index in [-0.39, 0.29) is 36.4 Å². The topological polar surface area (TPSA) is 95.9 Å². The van der Waals surface area contributed by atoms with Crippen molar-refractivity contribution in [3.63, 3.8) is 0 Å². The third-order valence-corrected chi connectivity index (χ3v) is 7.59. The normalized spacial score (nSPS) is 18.7. The minimum atomic E-state index is -0.781. The summed E-state index contributed by atoms with van der Waals surface area (Å²) in [5.41, 5.74) is 2.68. The van der Waals surface area contributed by atoms with Crippen molar-refractivity contribution in [1.29, 1.82) is 0 Å². The molecule has 2 aliphatic rings. The van der Waals surface area contributed by atoms with Gasteiger partial charge >= 0.3 is 5.97 Å². The number of phenols is 1. The number of methoxy groups -OCH3 is 1. The van der Waals surface area contributed by atoms with Gasteiger partial charge in [0.25, 0.3) is 0 Å². The molecule has 0 bridgehead atoms. The van der Waals surface area contributed by atoms with Crippen LogP contribution in [0.3, 0.4) is 0 Å². The fourth-order valence-corrected chi connectivity index (χ4v) is 5.46. The number of amides is 2. The zero-order valence-electron chi connectivity index (χ0n) is 20.5. The largest absolute Gasteiger partial charge is 0.508 e. The lowest BCUT2D eigenvalue weighted by Crippen LogP contribution is -2.58. The number of nitrogens with zero attached hydrogens (tertiary/aromatic N) is 1. The number of esters is 1. The second kappa shape index (κ2) is 11.8. The maximum atomic E-state index is 14.0. The Kier molecular flexibility index (Phi) is 8.52. The number of rotatable bonds is 7. The second-order valence-corrected chi connectivity index (χ2v) is 10.2.